The van der Waals surface area contributed by atoms with Gasteiger partial charge in [-0.2, -0.15) is 0 Å². The van der Waals surface area contributed by atoms with Crippen LogP contribution in [-0.4, -0.2) is 66.1 Å². The summed E-state index contributed by atoms with van der Waals surface area (Å²) in [5.41, 5.74) is 2.66. The van der Waals surface area contributed by atoms with Crippen LogP contribution in [0.3, 0.4) is 0 Å². The maximum absolute atomic E-state index is 13.8. The standard InChI is InChI=1S/C23H24FN3O3/c1-16-5-7-17(8-6-16)20-21(26-11-9-25(10-12-26)13-14-28)23(30)27(22(20)29)19-4-2-3-18(24)15-19/h2-8,15,28H,9-14H2,1H3. The highest BCUT2D eigenvalue weighted by Gasteiger charge is 2.43. The zero-order valence-electron chi connectivity index (χ0n) is 16.8. The van der Waals surface area contributed by atoms with E-state index < -0.39 is 17.6 Å². The van der Waals surface area contributed by atoms with Gasteiger partial charge in [0.1, 0.15) is 11.5 Å². The van der Waals surface area contributed by atoms with Crippen molar-refractivity contribution in [3.8, 4) is 0 Å². The van der Waals surface area contributed by atoms with Crippen molar-refractivity contribution in [2.24, 2.45) is 0 Å². The fraction of sp³-hybridized carbons (Fsp3) is 0.304. The second-order valence-electron chi connectivity index (χ2n) is 7.57. The summed E-state index contributed by atoms with van der Waals surface area (Å²) in [6.45, 7) is 5.14. The number of piperazine rings is 1. The van der Waals surface area contributed by atoms with Gasteiger partial charge in [0.15, 0.2) is 0 Å². The third kappa shape index (κ3) is 3.74. The molecule has 0 aliphatic carbocycles. The average Bonchev–Trinajstić information content (AvgIpc) is 3.00. The van der Waals surface area contributed by atoms with Crippen LogP contribution in [0.25, 0.3) is 5.57 Å². The summed E-state index contributed by atoms with van der Waals surface area (Å²) in [6, 6.07) is 13.0. The molecule has 2 amide bonds. The summed E-state index contributed by atoms with van der Waals surface area (Å²) in [5, 5.41) is 9.17. The summed E-state index contributed by atoms with van der Waals surface area (Å²) < 4.78 is 13.8. The van der Waals surface area contributed by atoms with Gasteiger partial charge in [0.25, 0.3) is 11.8 Å². The number of aliphatic hydroxyl groups is 1. The summed E-state index contributed by atoms with van der Waals surface area (Å²) in [6.07, 6.45) is 0. The zero-order chi connectivity index (χ0) is 21.3. The number of hydrogen-bond acceptors (Lipinski definition) is 5. The Bertz CT molecular complexity index is 995. The monoisotopic (exact) mass is 409 g/mol. The maximum atomic E-state index is 13.8. The smallest absolute Gasteiger partial charge is 0.282 e. The molecule has 156 valence electrons. The van der Waals surface area contributed by atoms with Gasteiger partial charge in [0.2, 0.25) is 0 Å². The molecule has 0 radical (unpaired) electrons. The number of nitrogens with zero attached hydrogens (tertiary/aromatic N) is 3. The molecule has 30 heavy (non-hydrogen) atoms. The zero-order valence-corrected chi connectivity index (χ0v) is 16.8. The number of benzene rings is 2. The molecule has 0 aromatic heterocycles. The summed E-state index contributed by atoms with van der Waals surface area (Å²) >= 11 is 0. The van der Waals surface area contributed by atoms with Crippen LogP contribution in [0.1, 0.15) is 11.1 Å². The molecule has 2 heterocycles. The predicted molar refractivity (Wildman–Crippen MR) is 112 cm³/mol. The van der Waals surface area contributed by atoms with Crippen molar-refractivity contribution in [3.63, 3.8) is 0 Å². The van der Waals surface area contributed by atoms with Crippen LogP contribution in [0.5, 0.6) is 0 Å². The first kappa shape index (κ1) is 20.3. The van der Waals surface area contributed by atoms with Gasteiger partial charge in [0, 0.05) is 32.7 Å². The van der Waals surface area contributed by atoms with Crippen LogP contribution < -0.4 is 4.90 Å². The lowest BCUT2D eigenvalue weighted by Crippen LogP contribution is -2.48. The molecule has 0 bridgehead atoms. The number of β-amino-alcohol motifs (C(OH)–C–C–N with tert-alkyl or cyclic N) is 1. The number of carbonyl (C=O) groups excluding carboxylic acids is 2. The topological polar surface area (TPSA) is 64.1 Å². The minimum absolute atomic E-state index is 0.0854. The second-order valence-corrected chi connectivity index (χ2v) is 7.57. The van der Waals surface area contributed by atoms with Crippen molar-refractivity contribution in [3.05, 3.63) is 71.2 Å². The average molecular weight is 409 g/mol. The van der Waals surface area contributed by atoms with Gasteiger partial charge in [-0.25, -0.2) is 9.29 Å². The van der Waals surface area contributed by atoms with E-state index in [1.807, 2.05) is 36.1 Å². The maximum Gasteiger partial charge on any atom is 0.282 e. The van der Waals surface area contributed by atoms with Crippen LogP contribution in [0.2, 0.25) is 0 Å². The lowest BCUT2D eigenvalue weighted by molar-refractivity contribution is -0.120. The number of carbonyl (C=O) groups is 2. The van der Waals surface area contributed by atoms with Crippen molar-refractivity contribution in [2.75, 3.05) is 44.2 Å². The molecular weight excluding hydrogens is 385 g/mol. The van der Waals surface area contributed by atoms with Crippen molar-refractivity contribution >= 4 is 23.1 Å². The third-order valence-corrected chi connectivity index (χ3v) is 5.57. The molecule has 6 nitrogen and oxygen atoms in total. The van der Waals surface area contributed by atoms with Crippen LogP contribution in [-0.2, 0) is 9.59 Å². The Balaban J connectivity index is 1.74. The van der Waals surface area contributed by atoms with Gasteiger partial charge < -0.3 is 10.0 Å². The first-order chi connectivity index (χ1) is 14.5. The molecule has 2 aliphatic rings. The van der Waals surface area contributed by atoms with Crippen LogP contribution >= 0.6 is 0 Å². The van der Waals surface area contributed by atoms with Crippen LogP contribution in [0, 0.1) is 12.7 Å². The van der Waals surface area contributed by atoms with Gasteiger partial charge in [-0.15, -0.1) is 0 Å². The van der Waals surface area contributed by atoms with E-state index in [1.54, 1.807) is 6.07 Å². The number of hydrogen-bond donors (Lipinski definition) is 1. The highest BCUT2D eigenvalue weighted by molar-refractivity contribution is 6.45. The van der Waals surface area contributed by atoms with Gasteiger partial charge in [0.05, 0.1) is 17.9 Å². The summed E-state index contributed by atoms with van der Waals surface area (Å²) in [7, 11) is 0. The Labute approximate surface area is 174 Å². The van der Waals surface area contributed by atoms with E-state index in [4.69, 9.17) is 5.11 Å². The SMILES string of the molecule is Cc1ccc(C2=C(N3CCN(CCO)CC3)C(=O)N(c3cccc(F)c3)C2=O)cc1. The second kappa shape index (κ2) is 8.38. The lowest BCUT2D eigenvalue weighted by Gasteiger charge is -2.36. The first-order valence-corrected chi connectivity index (χ1v) is 10.0. The van der Waals surface area contributed by atoms with Crippen LogP contribution in [0.15, 0.2) is 54.2 Å². The Morgan fingerprint density at radius 3 is 2.30 bits per heavy atom. The quantitative estimate of drug-likeness (QED) is 0.766. The number of amides is 2. The van der Waals surface area contributed by atoms with Crippen LogP contribution in [0.4, 0.5) is 10.1 Å². The highest BCUT2D eigenvalue weighted by Crippen LogP contribution is 2.35. The number of rotatable bonds is 5. The third-order valence-electron chi connectivity index (χ3n) is 5.57. The molecule has 2 aromatic carbocycles. The molecule has 7 heteroatoms. The number of anilines is 1. The first-order valence-electron chi connectivity index (χ1n) is 10.0. The van der Waals surface area contributed by atoms with E-state index >= 15 is 0 Å². The summed E-state index contributed by atoms with van der Waals surface area (Å²) in [5.74, 6) is -1.38. The molecule has 0 unspecified atom stereocenters. The normalized spacial score (nSPS) is 18.0. The molecule has 1 fully saturated rings. The number of imide groups is 1. The number of halogens is 1. The van der Waals surface area contributed by atoms with Gasteiger partial charge >= 0.3 is 0 Å². The molecular formula is C23H24FN3O3. The van der Waals surface area contributed by atoms with Gasteiger partial charge in [-0.3, -0.25) is 14.5 Å². The van der Waals surface area contributed by atoms with Gasteiger partial charge in [-0.05, 0) is 30.7 Å². The molecule has 1 saturated heterocycles. The summed E-state index contributed by atoms with van der Waals surface area (Å²) in [4.78, 5) is 31.9. The molecule has 1 N–H and O–H groups in total. The highest BCUT2D eigenvalue weighted by atomic mass is 19.1. The number of aryl methyl sites for hydroxylation is 1. The lowest BCUT2D eigenvalue weighted by atomic mass is 10.0. The van der Waals surface area contributed by atoms with E-state index in [-0.39, 0.29) is 12.3 Å². The van der Waals surface area contributed by atoms with E-state index in [0.717, 1.165) is 10.5 Å². The van der Waals surface area contributed by atoms with E-state index in [2.05, 4.69) is 4.90 Å². The predicted octanol–water partition coefficient (Wildman–Crippen LogP) is 2.03. The molecule has 2 aromatic rings. The van der Waals surface area contributed by atoms with Crippen molar-refractivity contribution < 1.29 is 19.1 Å². The Kier molecular flexibility index (Phi) is 5.65. The fourth-order valence-electron chi connectivity index (χ4n) is 3.98. The Hall–Kier alpha value is -3.03. The molecule has 4 rings (SSSR count). The minimum Gasteiger partial charge on any atom is -0.395 e. The van der Waals surface area contributed by atoms with E-state index in [1.165, 1.54) is 18.2 Å². The molecule has 0 saturated carbocycles. The fourth-order valence-corrected chi connectivity index (χ4v) is 3.98. The van der Waals surface area contributed by atoms with E-state index in [9.17, 15) is 14.0 Å². The van der Waals surface area contributed by atoms with Crippen molar-refractivity contribution in [1.29, 1.82) is 0 Å². The Morgan fingerprint density at radius 1 is 0.967 bits per heavy atom. The van der Waals surface area contributed by atoms with Crippen molar-refractivity contribution in [2.45, 2.75) is 6.92 Å². The molecule has 0 spiro atoms. The van der Waals surface area contributed by atoms with Gasteiger partial charge in [-0.1, -0.05) is 35.9 Å². The van der Waals surface area contributed by atoms with Crippen molar-refractivity contribution in [1.82, 2.24) is 9.80 Å². The minimum atomic E-state index is -0.504. The Morgan fingerprint density at radius 2 is 1.67 bits per heavy atom. The van der Waals surface area contributed by atoms with E-state index in [0.29, 0.717) is 49.6 Å². The number of aliphatic hydroxyl groups excluding tert-OH is 1. The molecule has 0 atom stereocenters. The largest absolute Gasteiger partial charge is 0.395 e. The molecule has 2 aliphatic heterocycles.